The molecule has 0 saturated carbocycles. The molecule has 0 saturated heterocycles. The summed E-state index contributed by atoms with van der Waals surface area (Å²) in [5, 5.41) is 5.52. The fourth-order valence-corrected chi connectivity index (χ4v) is 1.77. The molecule has 2 amide bonds. The number of methoxy groups -OCH3 is 1. The SMILES string of the molecule is C#CCNC(=O)NC(c1ccc(OC)cc1)C(C)C. The molecular weight excluding hydrogens is 240 g/mol. The van der Waals surface area contributed by atoms with Gasteiger partial charge in [-0.2, -0.15) is 0 Å². The second kappa shape index (κ2) is 7.32. The first-order valence-electron chi connectivity index (χ1n) is 6.20. The number of nitrogens with one attached hydrogen (secondary N) is 2. The molecule has 0 bridgehead atoms. The van der Waals surface area contributed by atoms with Gasteiger partial charge in [0.25, 0.3) is 0 Å². The molecule has 1 atom stereocenters. The van der Waals surface area contributed by atoms with E-state index in [0.717, 1.165) is 11.3 Å². The van der Waals surface area contributed by atoms with Crippen LogP contribution in [0.4, 0.5) is 4.79 Å². The highest BCUT2D eigenvalue weighted by atomic mass is 16.5. The van der Waals surface area contributed by atoms with Crippen LogP contribution in [0.2, 0.25) is 0 Å². The summed E-state index contributed by atoms with van der Waals surface area (Å²) in [5.74, 6) is 3.43. The summed E-state index contributed by atoms with van der Waals surface area (Å²) in [6.07, 6.45) is 5.10. The molecular formula is C15H20N2O2. The Morgan fingerprint density at radius 3 is 2.47 bits per heavy atom. The van der Waals surface area contributed by atoms with E-state index in [1.165, 1.54) is 0 Å². The molecule has 0 heterocycles. The Morgan fingerprint density at radius 1 is 1.37 bits per heavy atom. The molecule has 0 aliphatic rings. The highest BCUT2D eigenvalue weighted by Crippen LogP contribution is 2.23. The third-order valence-electron chi connectivity index (χ3n) is 2.78. The van der Waals surface area contributed by atoms with E-state index in [9.17, 15) is 4.79 Å². The Morgan fingerprint density at radius 2 is 2.00 bits per heavy atom. The smallest absolute Gasteiger partial charge is 0.316 e. The highest BCUT2D eigenvalue weighted by Gasteiger charge is 2.17. The molecule has 1 unspecified atom stereocenters. The lowest BCUT2D eigenvalue weighted by Crippen LogP contribution is -2.39. The molecule has 0 aliphatic carbocycles. The summed E-state index contributed by atoms with van der Waals surface area (Å²) in [4.78, 5) is 11.7. The molecule has 0 radical (unpaired) electrons. The van der Waals surface area contributed by atoms with Gasteiger partial charge in [0.2, 0.25) is 0 Å². The standard InChI is InChI=1S/C15H20N2O2/c1-5-10-16-15(18)17-14(11(2)3)12-6-8-13(19-4)9-7-12/h1,6-9,11,14H,10H2,2-4H3,(H2,16,17,18). The van der Waals surface area contributed by atoms with Crippen molar-refractivity contribution in [3.8, 4) is 18.1 Å². The molecule has 4 nitrogen and oxygen atoms in total. The molecule has 0 aliphatic heterocycles. The van der Waals surface area contributed by atoms with Gasteiger partial charge in [-0.15, -0.1) is 6.42 Å². The third-order valence-corrected chi connectivity index (χ3v) is 2.78. The lowest BCUT2D eigenvalue weighted by atomic mass is 9.96. The van der Waals surface area contributed by atoms with Crippen molar-refractivity contribution in [2.45, 2.75) is 19.9 Å². The summed E-state index contributed by atoms with van der Waals surface area (Å²) in [7, 11) is 1.63. The van der Waals surface area contributed by atoms with Gasteiger partial charge in [0, 0.05) is 0 Å². The molecule has 1 rings (SSSR count). The second-order valence-corrected chi connectivity index (χ2v) is 4.53. The zero-order chi connectivity index (χ0) is 14.3. The average molecular weight is 260 g/mol. The topological polar surface area (TPSA) is 50.4 Å². The first-order chi connectivity index (χ1) is 9.08. The van der Waals surface area contributed by atoms with Gasteiger partial charge in [0.05, 0.1) is 19.7 Å². The van der Waals surface area contributed by atoms with Crippen LogP contribution in [0.25, 0.3) is 0 Å². The summed E-state index contributed by atoms with van der Waals surface area (Å²) in [6, 6.07) is 7.34. The molecule has 0 fully saturated rings. The van der Waals surface area contributed by atoms with Gasteiger partial charge in [-0.25, -0.2) is 4.79 Å². The van der Waals surface area contributed by atoms with E-state index in [1.807, 2.05) is 24.3 Å². The fourth-order valence-electron chi connectivity index (χ4n) is 1.77. The van der Waals surface area contributed by atoms with Crippen molar-refractivity contribution in [1.29, 1.82) is 0 Å². The molecule has 1 aromatic carbocycles. The first-order valence-corrected chi connectivity index (χ1v) is 6.20. The van der Waals surface area contributed by atoms with Gasteiger partial charge in [-0.05, 0) is 23.6 Å². The van der Waals surface area contributed by atoms with Crippen LogP contribution in [0.3, 0.4) is 0 Å². The highest BCUT2D eigenvalue weighted by molar-refractivity contribution is 5.74. The van der Waals surface area contributed by atoms with Gasteiger partial charge in [0.1, 0.15) is 5.75 Å². The van der Waals surface area contributed by atoms with Crippen molar-refractivity contribution in [3.63, 3.8) is 0 Å². The number of hydrogen-bond acceptors (Lipinski definition) is 2. The normalized spacial score (nSPS) is 11.5. The maximum atomic E-state index is 11.7. The summed E-state index contributed by atoms with van der Waals surface area (Å²) >= 11 is 0. The number of ether oxygens (including phenoxy) is 1. The fraction of sp³-hybridized carbons (Fsp3) is 0.400. The Hall–Kier alpha value is -2.15. The zero-order valence-corrected chi connectivity index (χ0v) is 11.6. The Labute approximate surface area is 114 Å². The predicted octanol–water partition coefficient (Wildman–Crippen LogP) is 2.32. The summed E-state index contributed by atoms with van der Waals surface area (Å²) in [5.41, 5.74) is 1.03. The quantitative estimate of drug-likeness (QED) is 0.798. The molecule has 102 valence electrons. The number of benzene rings is 1. The van der Waals surface area contributed by atoms with Crippen LogP contribution in [0, 0.1) is 18.3 Å². The van der Waals surface area contributed by atoms with Crippen molar-refractivity contribution < 1.29 is 9.53 Å². The van der Waals surface area contributed by atoms with Crippen LogP contribution in [-0.4, -0.2) is 19.7 Å². The number of hydrogen-bond donors (Lipinski definition) is 2. The van der Waals surface area contributed by atoms with Crippen molar-refractivity contribution in [2.24, 2.45) is 5.92 Å². The minimum absolute atomic E-state index is 0.0660. The van der Waals surface area contributed by atoms with Crippen molar-refractivity contribution in [1.82, 2.24) is 10.6 Å². The Balaban J connectivity index is 2.76. The first kappa shape index (κ1) is 14.9. The molecule has 2 N–H and O–H groups in total. The number of carbonyl (C=O) groups is 1. The van der Waals surface area contributed by atoms with Gasteiger partial charge in [0.15, 0.2) is 0 Å². The van der Waals surface area contributed by atoms with E-state index in [4.69, 9.17) is 11.2 Å². The lowest BCUT2D eigenvalue weighted by Gasteiger charge is -2.23. The molecule has 0 spiro atoms. The van der Waals surface area contributed by atoms with Crippen LogP contribution in [0.5, 0.6) is 5.75 Å². The number of terminal acetylenes is 1. The van der Waals surface area contributed by atoms with E-state index in [0.29, 0.717) is 0 Å². The number of rotatable bonds is 5. The van der Waals surface area contributed by atoms with E-state index in [2.05, 4.69) is 30.4 Å². The third kappa shape index (κ3) is 4.55. The zero-order valence-electron chi connectivity index (χ0n) is 11.6. The Bertz CT molecular complexity index is 446. The van der Waals surface area contributed by atoms with Crippen LogP contribution < -0.4 is 15.4 Å². The van der Waals surface area contributed by atoms with E-state index in [1.54, 1.807) is 7.11 Å². The minimum atomic E-state index is -0.257. The molecule has 4 heteroatoms. The lowest BCUT2D eigenvalue weighted by molar-refractivity contribution is 0.234. The monoisotopic (exact) mass is 260 g/mol. The van der Waals surface area contributed by atoms with Crippen molar-refractivity contribution >= 4 is 6.03 Å². The van der Waals surface area contributed by atoms with E-state index in [-0.39, 0.29) is 24.5 Å². The van der Waals surface area contributed by atoms with Crippen LogP contribution >= 0.6 is 0 Å². The molecule has 1 aromatic rings. The summed E-state index contributed by atoms with van der Waals surface area (Å²) in [6.45, 7) is 4.33. The largest absolute Gasteiger partial charge is 0.497 e. The number of carbonyl (C=O) groups excluding carboxylic acids is 1. The van der Waals surface area contributed by atoms with E-state index < -0.39 is 0 Å². The number of amides is 2. The van der Waals surface area contributed by atoms with Gasteiger partial charge >= 0.3 is 6.03 Å². The van der Waals surface area contributed by atoms with Gasteiger partial charge in [-0.3, -0.25) is 0 Å². The maximum absolute atomic E-state index is 11.7. The molecule has 0 aromatic heterocycles. The minimum Gasteiger partial charge on any atom is -0.497 e. The van der Waals surface area contributed by atoms with Crippen LogP contribution in [0.1, 0.15) is 25.5 Å². The number of urea groups is 1. The van der Waals surface area contributed by atoms with Crippen LogP contribution in [-0.2, 0) is 0 Å². The van der Waals surface area contributed by atoms with E-state index >= 15 is 0 Å². The van der Waals surface area contributed by atoms with Crippen molar-refractivity contribution in [2.75, 3.05) is 13.7 Å². The Kier molecular flexibility index (Phi) is 5.74. The summed E-state index contributed by atoms with van der Waals surface area (Å²) < 4.78 is 5.12. The van der Waals surface area contributed by atoms with Crippen molar-refractivity contribution in [3.05, 3.63) is 29.8 Å². The average Bonchev–Trinajstić information content (AvgIpc) is 2.42. The second-order valence-electron chi connectivity index (χ2n) is 4.53. The van der Waals surface area contributed by atoms with Gasteiger partial charge < -0.3 is 15.4 Å². The van der Waals surface area contributed by atoms with Crippen LogP contribution in [0.15, 0.2) is 24.3 Å². The maximum Gasteiger partial charge on any atom is 0.316 e. The predicted molar refractivity (Wildman–Crippen MR) is 75.9 cm³/mol. The van der Waals surface area contributed by atoms with Gasteiger partial charge in [-0.1, -0.05) is 31.9 Å². The molecule has 19 heavy (non-hydrogen) atoms.